The molecule has 0 bridgehead atoms. The molecule has 26 heteroatoms. The lowest BCUT2D eigenvalue weighted by molar-refractivity contribution is 0.101. The smallest absolute Gasteiger partial charge is 0.260 e. The SMILES string of the molecule is CCCN1Cc2cc(F)c(C(=O)Nc3cccc(-c4nnnn4[C@H](C)CO)n3)cc2S1(=O)=O.CCCN1Cc2cc(OC)c(C(=O)Nc3cccc(-c4nnnn4[C@H](C)CO)n3)cc2S1(=O)=O. The van der Waals surface area contributed by atoms with Gasteiger partial charge in [-0.3, -0.25) is 9.59 Å². The second kappa shape index (κ2) is 20.0. The highest BCUT2D eigenvalue weighted by Crippen LogP contribution is 2.36. The summed E-state index contributed by atoms with van der Waals surface area (Å²) in [4.78, 5) is 34.6. The largest absolute Gasteiger partial charge is 0.496 e. The fourth-order valence-corrected chi connectivity index (χ4v) is 10.7. The first-order chi connectivity index (χ1) is 32.0. The number of ether oxygens (including phenoxy) is 1. The van der Waals surface area contributed by atoms with Crippen LogP contribution in [0.5, 0.6) is 5.75 Å². The maximum Gasteiger partial charge on any atom is 0.260 e. The number of nitrogens with one attached hydrogen (secondary N) is 2. The van der Waals surface area contributed by atoms with Gasteiger partial charge in [0.1, 0.15) is 34.6 Å². The van der Waals surface area contributed by atoms with Gasteiger partial charge in [-0.15, -0.1) is 10.2 Å². The van der Waals surface area contributed by atoms with Crippen molar-refractivity contribution in [2.45, 2.75) is 75.5 Å². The van der Waals surface area contributed by atoms with Crippen LogP contribution in [0.3, 0.4) is 0 Å². The first-order valence-electron chi connectivity index (χ1n) is 20.9. The van der Waals surface area contributed by atoms with E-state index in [4.69, 9.17) is 4.74 Å². The Hall–Kier alpha value is -6.71. The van der Waals surface area contributed by atoms with Gasteiger partial charge in [0.15, 0.2) is 0 Å². The molecule has 2 aliphatic rings. The lowest BCUT2D eigenvalue weighted by Gasteiger charge is -2.13. The number of benzene rings is 2. The predicted octanol–water partition coefficient (Wildman–Crippen LogP) is 3.06. The van der Waals surface area contributed by atoms with Crippen LogP contribution < -0.4 is 15.4 Å². The van der Waals surface area contributed by atoms with Crippen LogP contribution in [0.1, 0.15) is 84.5 Å². The average molecular weight is 963 g/mol. The second-order valence-electron chi connectivity index (χ2n) is 15.5. The summed E-state index contributed by atoms with van der Waals surface area (Å²) in [6, 6.07) is 14.0. The Bertz CT molecular complexity index is 3040. The Morgan fingerprint density at radius 3 is 1.61 bits per heavy atom. The number of sulfonamides is 2. The molecule has 354 valence electrons. The maximum atomic E-state index is 14.7. The molecule has 8 rings (SSSR count). The van der Waals surface area contributed by atoms with E-state index in [1.807, 2.05) is 13.8 Å². The van der Waals surface area contributed by atoms with Crippen molar-refractivity contribution in [3.63, 3.8) is 0 Å². The Morgan fingerprint density at radius 1 is 0.716 bits per heavy atom. The number of nitrogens with zero attached hydrogens (tertiary/aromatic N) is 12. The van der Waals surface area contributed by atoms with E-state index in [2.05, 4.69) is 51.7 Å². The van der Waals surface area contributed by atoms with E-state index < -0.39 is 49.3 Å². The molecule has 0 unspecified atom stereocenters. The van der Waals surface area contributed by atoms with Crippen molar-refractivity contribution < 1.29 is 45.8 Å². The molecule has 0 aliphatic carbocycles. The van der Waals surface area contributed by atoms with Crippen molar-refractivity contribution in [1.29, 1.82) is 0 Å². The van der Waals surface area contributed by atoms with Crippen LogP contribution in [0.25, 0.3) is 23.0 Å². The van der Waals surface area contributed by atoms with Crippen molar-refractivity contribution in [2.24, 2.45) is 0 Å². The monoisotopic (exact) mass is 962 g/mol. The van der Waals surface area contributed by atoms with Crippen molar-refractivity contribution >= 4 is 43.5 Å². The highest BCUT2D eigenvalue weighted by molar-refractivity contribution is 7.89. The van der Waals surface area contributed by atoms with Crippen molar-refractivity contribution in [2.75, 3.05) is 44.0 Å². The molecule has 6 aromatic rings. The molecule has 2 amide bonds. The topological polar surface area (TPSA) is 296 Å². The third kappa shape index (κ3) is 9.75. The lowest BCUT2D eigenvalue weighted by Crippen LogP contribution is -2.25. The predicted molar refractivity (Wildman–Crippen MR) is 237 cm³/mol. The maximum absolute atomic E-state index is 14.7. The molecular formula is C41H47FN14O9S2. The lowest BCUT2D eigenvalue weighted by atomic mass is 10.1. The van der Waals surface area contributed by atoms with E-state index in [0.717, 1.165) is 12.1 Å². The number of amides is 2. The summed E-state index contributed by atoms with van der Waals surface area (Å²) in [6.45, 7) is 7.90. The standard InChI is InChI=1S/C21H25N7O5S.C20H22FN7O4S/c1-4-8-27-11-14-9-17(33-3)15(10-18(14)34(27,31)32)21(30)23-19-7-5-6-16(22-19)20-24-25-26-28(20)13(2)12-29;1-3-7-27-10-13-8-15(21)14(9-17(13)33(27,31)32)20(30)23-18-6-4-5-16(22-18)19-24-25-26-28(19)12(2)11-29/h5-7,9-10,13,29H,4,8,11-12H2,1-3H3,(H,22,23,30);4-6,8-9,12,29H,3,7,10-11H2,1-2H3,(H,22,23,30)/t13-;12-/m11/s1. The van der Waals surface area contributed by atoms with Crippen LogP contribution in [0.2, 0.25) is 0 Å². The number of aliphatic hydroxyl groups excluding tert-OH is 2. The third-order valence-corrected chi connectivity index (χ3v) is 14.5. The molecule has 0 radical (unpaired) electrons. The van der Waals surface area contributed by atoms with Gasteiger partial charge in [-0.05, 0) is 107 Å². The van der Waals surface area contributed by atoms with Gasteiger partial charge in [-0.2, -0.15) is 8.61 Å². The number of halogens is 1. The Labute approximate surface area is 384 Å². The van der Waals surface area contributed by atoms with E-state index in [1.165, 1.54) is 37.2 Å². The molecule has 67 heavy (non-hydrogen) atoms. The number of aliphatic hydroxyl groups is 2. The number of hydrogen-bond acceptors (Lipinski definition) is 17. The first-order valence-corrected chi connectivity index (χ1v) is 23.8. The molecule has 4 aromatic heterocycles. The average Bonchev–Trinajstić information content (AvgIpc) is 4.11. The summed E-state index contributed by atoms with van der Waals surface area (Å²) < 4.78 is 76.8. The minimum atomic E-state index is -3.78. The van der Waals surface area contributed by atoms with Crippen LogP contribution in [-0.4, -0.2) is 131 Å². The molecule has 6 heterocycles. The summed E-state index contributed by atoms with van der Waals surface area (Å²) >= 11 is 0. The number of carbonyl (C=O) groups is 2. The van der Waals surface area contributed by atoms with E-state index in [1.54, 1.807) is 50.2 Å². The van der Waals surface area contributed by atoms with Crippen LogP contribution in [0, 0.1) is 5.82 Å². The summed E-state index contributed by atoms with van der Waals surface area (Å²) in [6.07, 6.45) is 1.30. The van der Waals surface area contributed by atoms with Crippen molar-refractivity contribution in [3.05, 3.63) is 88.7 Å². The minimum absolute atomic E-state index is 0.0682. The first kappa shape index (κ1) is 48.2. The molecule has 23 nitrogen and oxygen atoms in total. The van der Waals surface area contributed by atoms with Gasteiger partial charge in [-0.25, -0.2) is 40.6 Å². The number of methoxy groups -OCH3 is 1. The minimum Gasteiger partial charge on any atom is -0.496 e. The molecule has 0 saturated carbocycles. The Balaban J connectivity index is 0.000000199. The molecule has 2 aromatic carbocycles. The molecule has 0 spiro atoms. The Kier molecular flexibility index (Phi) is 14.4. The zero-order chi connectivity index (χ0) is 48.2. The van der Waals surface area contributed by atoms with Gasteiger partial charge < -0.3 is 25.6 Å². The van der Waals surface area contributed by atoms with E-state index >= 15 is 0 Å². The van der Waals surface area contributed by atoms with Gasteiger partial charge in [0.05, 0.1) is 53.3 Å². The number of anilines is 2. The summed E-state index contributed by atoms with van der Waals surface area (Å²) in [5, 5.41) is 46.8. The fraction of sp³-hybridized carbons (Fsp3) is 0.366. The summed E-state index contributed by atoms with van der Waals surface area (Å²) in [7, 11) is -6.03. The normalized spacial score (nSPS) is 15.8. The highest BCUT2D eigenvalue weighted by atomic mass is 32.2. The fourth-order valence-electron chi connectivity index (χ4n) is 7.27. The number of tetrazole rings is 2. The van der Waals surface area contributed by atoms with Gasteiger partial charge in [0.25, 0.3) is 11.8 Å². The van der Waals surface area contributed by atoms with Gasteiger partial charge in [0, 0.05) is 26.2 Å². The number of aromatic nitrogens is 10. The number of pyridine rings is 2. The number of rotatable bonds is 15. The van der Waals surface area contributed by atoms with E-state index in [0.29, 0.717) is 54.3 Å². The van der Waals surface area contributed by atoms with Gasteiger partial charge >= 0.3 is 0 Å². The van der Waals surface area contributed by atoms with Crippen LogP contribution in [-0.2, 0) is 33.1 Å². The second-order valence-corrected chi connectivity index (χ2v) is 19.3. The van der Waals surface area contributed by atoms with E-state index in [9.17, 15) is 41.0 Å². The Morgan fingerprint density at radius 2 is 1.16 bits per heavy atom. The molecule has 0 saturated heterocycles. The third-order valence-electron chi connectivity index (χ3n) is 10.7. The number of fused-ring (bicyclic) bond motifs is 2. The van der Waals surface area contributed by atoms with Crippen molar-refractivity contribution in [1.82, 2.24) is 59.0 Å². The van der Waals surface area contributed by atoms with Crippen LogP contribution in [0.4, 0.5) is 16.0 Å². The summed E-state index contributed by atoms with van der Waals surface area (Å²) in [5.41, 5.74) is 1.30. The number of hydrogen-bond donors (Lipinski definition) is 4. The quantitative estimate of drug-likeness (QED) is 0.115. The highest BCUT2D eigenvalue weighted by Gasteiger charge is 2.37. The zero-order valence-electron chi connectivity index (χ0n) is 36.9. The molecular weight excluding hydrogens is 916 g/mol. The van der Waals surface area contributed by atoms with Crippen molar-refractivity contribution in [3.8, 4) is 28.8 Å². The molecule has 2 atom stereocenters. The zero-order valence-corrected chi connectivity index (χ0v) is 38.5. The van der Waals surface area contributed by atoms with Crippen LogP contribution >= 0.6 is 0 Å². The van der Waals surface area contributed by atoms with Crippen LogP contribution in [0.15, 0.2) is 70.5 Å². The molecule has 2 aliphatic heterocycles. The van der Waals surface area contributed by atoms with Gasteiger partial charge in [-0.1, -0.05) is 26.0 Å². The number of carbonyl (C=O) groups excluding carboxylic acids is 2. The molecule has 0 fully saturated rings. The summed E-state index contributed by atoms with van der Waals surface area (Å²) in [5.74, 6) is -1.05. The molecule has 4 N–H and O–H groups in total. The van der Waals surface area contributed by atoms with Gasteiger partial charge in [0.2, 0.25) is 31.7 Å². The van der Waals surface area contributed by atoms with E-state index in [-0.39, 0.29) is 70.9 Å².